The molecule has 33 heavy (non-hydrogen) atoms. The third-order valence-corrected chi connectivity index (χ3v) is 5.99. The van der Waals surface area contributed by atoms with Gasteiger partial charge in [-0.25, -0.2) is 4.98 Å². The molecule has 0 saturated carbocycles. The predicted molar refractivity (Wildman–Crippen MR) is 124 cm³/mol. The van der Waals surface area contributed by atoms with Gasteiger partial charge in [0, 0.05) is 49.8 Å². The lowest BCUT2D eigenvalue weighted by Gasteiger charge is -2.37. The largest absolute Gasteiger partial charge is 0.497 e. The highest BCUT2D eigenvalue weighted by Gasteiger charge is 2.37. The second-order valence-corrected chi connectivity index (χ2v) is 8.17. The molecule has 4 rings (SSSR count). The molecule has 3 aromatic rings. The van der Waals surface area contributed by atoms with Crippen LogP contribution in [-0.2, 0) is 6.18 Å². The maximum absolute atomic E-state index is 13.7. The van der Waals surface area contributed by atoms with Crippen molar-refractivity contribution in [2.45, 2.75) is 6.18 Å². The van der Waals surface area contributed by atoms with Crippen molar-refractivity contribution in [3.63, 3.8) is 0 Å². The fourth-order valence-electron chi connectivity index (χ4n) is 3.56. The number of methoxy groups -OCH3 is 1. The van der Waals surface area contributed by atoms with Crippen molar-refractivity contribution in [1.82, 2.24) is 9.97 Å². The summed E-state index contributed by atoms with van der Waals surface area (Å²) >= 11 is 11.9. The van der Waals surface area contributed by atoms with Crippen LogP contribution in [0.1, 0.15) is 5.56 Å². The first-order chi connectivity index (χ1) is 15.7. The Morgan fingerprint density at radius 3 is 2.36 bits per heavy atom. The normalized spacial score (nSPS) is 14.4. The monoisotopic (exact) mass is 497 g/mol. The molecular weight excluding hydrogens is 478 g/mol. The number of aromatic nitrogens is 2. The summed E-state index contributed by atoms with van der Waals surface area (Å²) in [4.78, 5) is 11.8. The van der Waals surface area contributed by atoms with E-state index in [0.29, 0.717) is 41.9 Å². The molecule has 1 aromatic heterocycles. The molecule has 11 heteroatoms. The van der Waals surface area contributed by atoms with Crippen molar-refractivity contribution in [3.8, 4) is 5.75 Å². The number of benzene rings is 2. The minimum absolute atomic E-state index is 0.0339. The van der Waals surface area contributed by atoms with Crippen LogP contribution < -0.4 is 19.9 Å². The SMILES string of the molecule is COc1cccc(N2CCN(c3nc(Nc4ccc(Cl)c(Cl)c4)ncc3C(F)(F)F)CC2)c1. The molecular formula is C22H20Cl2F3N5O. The summed E-state index contributed by atoms with van der Waals surface area (Å²) in [5.74, 6) is 0.597. The zero-order chi connectivity index (χ0) is 23.6. The average Bonchev–Trinajstić information content (AvgIpc) is 2.81. The Morgan fingerprint density at radius 2 is 1.70 bits per heavy atom. The third-order valence-electron chi connectivity index (χ3n) is 5.25. The number of hydrogen-bond acceptors (Lipinski definition) is 6. The highest BCUT2D eigenvalue weighted by molar-refractivity contribution is 6.42. The Kier molecular flexibility index (Phi) is 6.71. The van der Waals surface area contributed by atoms with Crippen LogP contribution in [0.2, 0.25) is 10.0 Å². The molecule has 0 aliphatic carbocycles. The first-order valence-corrected chi connectivity index (χ1v) is 10.8. The number of nitrogens with one attached hydrogen (secondary N) is 1. The number of hydrogen-bond donors (Lipinski definition) is 1. The van der Waals surface area contributed by atoms with E-state index in [1.807, 2.05) is 24.3 Å². The number of rotatable bonds is 5. The molecule has 0 amide bonds. The summed E-state index contributed by atoms with van der Waals surface area (Å²) in [5.41, 5.74) is 0.588. The number of anilines is 4. The highest BCUT2D eigenvalue weighted by atomic mass is 35.5. The van der Waals surface area contributed by atoms with E-state index in [-0.39, 0.29) is 11.8 Å². The van der Waals surface area contributed by atoms with Crippen molar-refractivity contribution < 1.29 is 17.9 Å². The van der Waals surface area contributed by atoms with Crippen LogP contribution in [0, 0.1) is 0 Å². The minimum atomic E-state index is -4.58. The lowest BCUT2D eigenvalue weighted by molar-refractivity contribution is -0.137. The van der Waals surface area contributed by atoms with E-state index in [1.54, 1.807) is 30.2 Å². The van der Waals surface area contributed by atoms with Crippen molar-refractivity contribution in [3.05, 3.63) is 64.3 Å². The average molecular weight is 498 g/mol. The molecule has 2 heterocycles. The van der Waals surface area contributed by atoms with E-state index in [0.717, 1.165) is 17.6 Å². The number of ether oxygens (including phenoxy) is 1. The van der Waals surface area contributed by atoms with Gasteiger partial charge in [-0.2, -0.15) is 18.2 Å². The molecule has 174 valence electrons. The summed E-state index contributed by atoms with van der Waals surface area (Å²) in [5, 5.41) is 3.57. The van der Waals surface area contributed by atoms with Crippen LogP contribution in [0.4, 0.5) is 36.3 Å². The highest BCUT2D eigenvalue weighted by Crippen LogP contribution is 2.37. The quantitative estimate of drug-likeness (QED) is 0.474. The number of alkyl halides is 3. The molecule has 1 fully saturated rings. The minimum Gasteiger partial charge on any atom is -0.497 e. The summed E-state index contributed by atoms with van der Waals surface area (Å²) in [6, 6.07) is 12.4. The van der Waals surface area contributed by atoms with Crippen molar-refractivity contribution in [1.29, 1.82) is 0 Å². The summed E-state index contributed by atoms with van der Waals surface area (Å²) in [6.07, 6.45) is -3.78. The summed E-state index contributed by atoms with van der Waals surface area (Å²) < 4.78 is 46.4. The molecule has 2 aromatic carbocycles. The van der Waals surface area contributed by atoms with Crippen LogP contribution in [0.25, 0.3) is 0 Å². The standard InChI is InChI=1S/C22H20Cl2F3N5O/c1-33-16-4-2-3-15(12-16)31-7-9-32(10-8-31)20-17(22(25,26)27)13-28-21(30-20)29-14-5-6-18(23)19(24)11-14/h2-6,11-13H,7-10H2,1H3,(H,28,29,30). The van der Waals surface area contributed by atoms with Crippen molar-refractivity contribution in [2.24, 2.45) is 0 Å². The number of halogens is 5. The van der Waals surface area contributed by atoms with E-state index in [1.165, 1.54) is 0 Å². The molecule has 0 unspecified atom stereocenters. The molecule has 0 radical (unpaired) electrons. The van der Waals surface area contributed by atoms with E-state index in [9.17, 15) is 13.2 Å². The number of nitrogens with zero attached hydrogens (tertiary/aromatic N) is 4. The fraction of sp³-hybridized carbons (Fsp3) is 0.273. The Hall–Kier alpha value is -2.91. The first-order valence-electron chi connectivity index (χ1n) is 10.0. The summed E-state index contributed by atoms with van der Waals surface area (Å²) in [6.45, 7) is 1.79. The molecule has 0 bridgehead atoms. The van der Waals surface area contributed by atoms with Crippen LogP contribution in [0.15, 0.2) is 48.7 Å². The summed E-state index contributed by atoms with van der Waals surface area (Å²) in [7, 11) is 1.59. The fourth-order valence-corrected chi connectivity index (χ4v) is 3.86. The van der Waals surface area contributed by atoms with E-state index in [2.05, 4.69) is 20.2 Å². The zero-order valence-electron chi connectivity index (χ0n) is 17.5. The van der Waals surface area contributed by atoms with E-state index in [4.69, 9.17) is 27.9 Å². The van der Waals surface area contributed by atoms with Gasteiger partial charge in [0.05, 0.1) is 17.2 Å². The lowest BCUT2D eigenvalue weighted by atomic mass is 10.2. The van der Waals surface area contributed by atoms with Gasteiger partial charge < -0.3 is 19.9 Å². The molecule has 1 N–H and O–H groups in total. The first kappa shape index (κ1) is 23.3. The topological polar surface area (TPSA) is 53.5 Å². The van der Waals surface area contributed by atoms with Crippen LogP contribution >= 0.6 is 23.2 Å². The Labute approximate surface area is 198 Å². The van der Waals surface area contributed by atoms with Gasteiger partial charge in [-0.3, -0.25) is 0 Å². The van der Waals surface area contributed by atoms with Gasteiger partial charge in [0.15, 0.2) is 0 Å². The van der Waals surface area contributed by atoms with Gasteiger partial charge in [-0.1, -0.05) is 29.3 Å². The second kappa shape index (κ2) is 9.52. The third kappa shape index (κ3) is 5.36. The van der Waals surface area contributed by atoms with E-state index < -0.39 is 11.7 Å². The molecule has 1 aliphatic heterocycles. The lowest BCUT2D eigenvalue weighted by Crippen LogP contribution is -2.47. The Morgan fingerprint density at radius 1 is 0.970 bits per heavy atom. The molecule has 6 nitrogen and oxygen atoms in total. The van der Waals surface area contributed by atoms with Crippen LogP contribution in [0.5, 0.6) is 5.75 Å². The Balaban J connectivity index is 1.56. The smallest absolute Gasteiger partial charge is 0.421 e. The van der Waals surface area contributed by atoms with Crippen molar-refractivity contribution in [2.75, 3.05) is 48.4 Å². The second-order valence-electron chi connectivity index (χ2n) is 7.36. The van der Waals surface area contributed by atoms with Gasteiger partial charge in [-0.15, -0.1) is 0 Å². The van der Waals surface area contributed by atoms with Crippen LogP contribution in [0.3, 0.4) is 0 Å². The van der Waals surface area contributed by atoms with E-state index >= 15 is 0 Å². The maximum Gasteiger partial charge on any atom is 0.421 e. The molecule has 0 spiro atoms. The molecule has 1 saturated heterocycles. The van der Waals surface area contributed by atoms with Gasteiger partial charge in [0.1, 0.15) is 17.1 Å². The van der Waals surface area contributed by atoms with Gasteiger partial charge in [0.2, 0.25) is 5.95 Å². The predicted octanol–water partition coefficient (Wildman–Crippen LogP) is 5.88. The zero-order valence-corrected chi connectivity index (χ0v) is 19.0. The Bertz CT molecular complexity index is 1140. The van der Waals surface area contributed by atoms with Crippen LogP contribution in [-0.4, -0.2) is 43.3 Å². The molecule has 0 atom stereocenters. The maximum atomic E-state index is 13.7. The van der Waals surface area contributed by atoms with Gasteiger partial charge in [-0.05, 0) is 30.3 Å². The van der Waals surface area contributed by atoms with Gasteiger partial charge in [0.25, 0.3) is 0 Å². The number of piperazine rings is 1. The van der Waals surface area contributed by atoms with Crippen molar-refractivity contribution >= 4 is 46.3 Å². The van der Waals surface area contributed by atoms with Gasteiger partial charge >= 0.3 is 6.18 Å². The molecule has 1 aliphatic rings.